The van der Waals surface area contributed by atoms with Crippen LogP contribution in [0.25, 0.3) is 11.0 Å². The minimum atomic E-state index is -0.156. The Labute approximate surface area is 76.9 Å². The van der Waals surface area contributed by atoms with Crippen molar-refractivity contribution in [3.8, 4) is 0 Å². The van der Waals surface area contributed by atoms with Crippen LogP contribution in [0, 0.1) is 0 Å². The van der Waals surface area contributed by atoms with E-state index in [1.165, 1.54) is 0 Å². The molecule has 2 aromatic rings. The molecule has 2 rings (SSSR count). The number of hydrogen-bond acceptors (Lipinski definition) is 1. The van der Waals surface area contributed by atoms with Gasteiger partial charge in [-0.1, -0.05) is 22.0 Å². The number of nitrogens with one attached hydrogen (secondary N) is 2. The maximum atomic E-state index is 10.9. The summed E-state index contributed by atoms with van der Waals surface area (Å²) < 4.78 is 0. The molecular formula is C8H7BrN2O. The summed E-state index contributed by atoms with van der Waals surface area (Å²) in [5.74, 6) is 0. The van der Waals surface area contributed by atoms with Gasteiger partial charge in [0.15, 0.2) is 0 Å². The molecule has 0 saturated heterocycles. The second-order valence-corrected chi connectivity index (χ2v) is 3.15. The third-order valence-corrected chi connectivity index (χ3v) is 2.38. The largest absolute Gasteiger partial charge is 0.323 e. The minimum Gasteiger partial charge on any atom is -0.306 e. The average Bonchev–Trinajstić information content (AvgIpc) is 2.43. The van der Waals surface area contributed by atoms with Crippen molar-refractivity contribution in [2.45, 2.75) is 5.33 Å². The van der Waals surface area contributed by atoms with E-state index in [0.29, 0.717) is 0 Å². The molecule has 0 amide bonds. The molecule has 0 atom stereocenters. The van der Waals surface area contributed by atoms with Gasteiger partial charge in [0, 0.05) is 5.33 Å². The minimum absolute atomic E-state index is 0.156. The summed E-state index contributed by atoms with van der Waals surface area (Å²) in [6.45, 7) is 0. The van der Waals surface area contributed by atoms with Crippen molar-refractivity contribution >= 4 is 27.0 Å². The zero-order valence-electron chi connectivity index (χ0n) is 6.23. The van der Waals surface area contributed by atoms with E-state index in [2.05, 4.69) is 25.9 Å². The SMILES string of the molecule is O=c1[nH]c2ccc(CBr)cc2[nH]1. The average molecular weight is 227 g/mol. The molecule has 1 heterocycles. The molecule has 0 saturated carbocycles. The summed E-state index contributed by atoms with van der Waals surface area (Å²) in [5.41, 5.74) is 2.70. The van der Waals surface area contributed by atoms with Crippen LogP contribution in [0.5, 0.6) is 0 Å². The molecule has 1 aromatic carbocycles. The highest BCUT2D eigenvalue weighted by Gasteiger charge is 1.97. The number of H-pyrrole nitrogens is 2. The Balaban J connectivity index is 2.74. The summed E-state index contributed by atoms with van der Waals surface area (Å²) in [5, 5.41) is 0.802. The highest BCUT2D eigenvalue weighted by molar-refractivity contribution is 9.08. The smallest absolute Gasteiger partial charge is 0.306 e. The molecule has 2 N–H and O–H groups in total. The standard InChI is InChI=1S/C8H7BrN2O/c9-4-5-1-2-6-7(3-5)11-8(12)10-6/h1-3H,4H2,(H2,10,11,12). The fraction of sp³-hybridized carbons (Fsp3) is 0.125. The molecule has 0 fully saturated rings. The van der Waals surface area contributed by atoms with Crippen molar-refractivity contribution in [3.63, 3.8) is 0 Å². The van der Waals surface area contributed by atoms with Crippen LogP contribution < -0.4 is 5.69 Å². The van der Waals surface area contributed by atoms with E-state index >= 15 is 0 Å². The first-order chi connectivity index (χ1) is 5.79. The highest BCUT2D eigenvalue weighted by Crippen LogP contribution is 2.12. The first kappa shape index (κ1) is 7.61. The van der Waals surface area contributed by atoms with E-state index in [0.717, 1.165) is 21.9 Å². The summed E-state index contributed by atoms with van der Waals surface area (Å²) in [4.78, 5) is 16.3. The third-order valence-electron chi connectivity index (χ3n) is 1.73. The molecule has 0 aliphatic rings. The van der Waals surface area contributed by atoms with Crippen LogP contribution in [0.2, 0.25) is 0 Å². The molecular weight excluding hydrogens is 220 g/mol. The van der Waals surface area contributed by atoms with Crippen molar-refractivity contribution in [1.82, 2.24) is 9.97 Å². The van der Waals surface area contributed by atoms with Crippen LogP contribution in [0.15, 0.2) is 23.0 Å². The molecule has 0 bridgehead atoms. The van der Waals surface area contributed by atoms with Gasteiger partial charge in [0.25, 0.3) is 0 Å². The number of halogens is 1. The predicted molar refractivity (Wildman–Crippen MR) is 51.6 cm³/mol. The number of aromatic amines is 2. The zero-order chi connectivity index (χ0) is 8.55. The lowest BCUT2D eigenvalue weighted by Gasteiger charge is -1.93. The van der Waals surface area contributed by atoms with Crippen molar-refractivity contribution < 1.29 is 0 Å². The highest BCUT2D eigenvalue weighted by atomic mass is 79.9. The molecule has 62 valence electrons. The number of hydrogen-bond donors (Lipinski definition) is 2. The lowest BCUT2D eigenvalue weighted by Crippen LogP contribution is -1.99. The Morgan fingerprint density at radius 1 is 1.25 bits per heavy atom. The summed E-state index contributed by atoms with van der Waals surface area (Å²) >= 11 is 3.35. The Morgan fingerprint density at radius 2 is 2.00 bits per heavy atom. The topological polar surface area (TPSA) is 48.6 Å². The molecule has 0 spiro atoms. The van der Waals surface area contributed by atoms with Crippen molar-refractivity contribution in [3.05, 3.63) is 34.2 Å². The molecule has 3 nitrogen and oxygen atoms in total. The van der Waals surface area contributed by atoms with Crippen LogP contribution in [0.1, 0.15) is 5.56 Å². The van der Waals surface area contributed by atoms with E-state index in [9.17, 15) is 4.79 Å². The van der Waals surface area contributed by atoms with Gasteiger partial charge in [-0.3, -0.25) is 0 Å². The maximum Gasteiger partial charge on any atom is 0.323 e. The van der Waals surface area contributed by atoms with Gasteiger partial charge in [-0.15, -0.1) is 0 Å². The Morgan fingerprint density at radius 3 is 2.75 bits per heavy atom. The molecule has 1 aromatic heterocycles. The van der Waals surface area contributed by atoms with Gasteiger partial charge in [0.1, 0.15) is 0 Å². The molecule has 0 radical (unpaired) electrons. The van der Waals surface area contributed by atoms with E-state index in [4.69, 9.17) is 0 Å². The molecule has 0 aliphatic carbocycles. The number of rotatable bonds is 1. The first-order valence-electron chi connectivity index (χ1n) is 3.56. The van der Waals surface area contributed by atoms with Crippen LogP contribution in [0.3, 0.4) is 0 Å². The maximum absolute atomic E-state index is 10.9. The van der Waals surface area contributed by atoms with E-state index in [1.54, 1.807) is 0 Å². The van der Waals surface area contributed by atoms with Gasteiger partial charge < -0.3 is 9.97 Å². The predicted octanol–water partition coefficient (Wildman–Crippen LogP) is 1.75. The Hall–Kier alpha value is -1.03. The van der Waals surface area contributed by atoms with Crippen molar-refractivity contribution in [2.24, 2.45) is 0 Å². The molecule has 0 aliphatic heterocycles. The summed E-state index contributed by atoms with van der Waals surface area (Å²) in [6, 6.07) is 5.81. The number of alkyl halides is 1. The van der Waals surface area contributed by atoms with Crippen LogP contribution >= 0.6 is 15.9 Å². The molecule has 4 heteroatoms. The third kappa shape index (κ3) is 1.18. The van der Waals surface area contributed by atoms with E-state index in [1.807, 2.05) is 18.2 Å². The second-order valence-electron chi connectivity index (χ2n) is 2.59. The summed E-state index contributed by atoms with van der Waals surface area (Å²) in [6.07, 6.45) is 0. The summed E-state index contributed by atoms with van der Waals surface area (Å²) in [7, 11) is 0. The van der Waals surface area contributed by atoms with E-state index in [-0.39, 0.29) is 5.69 Å². The lowest BCUT2D eigenvalue weighted by atomic mass is 10.2. The van der Waals surface area contributed by atoms with Crippen LogP contribution in [-0.2, 0) is 5.33 Å². The van der Waals surface area contributed by atoms with Gasteiger partial charge in [0.05, 0.1) is 11.0 Å². The molecule has 0 unspecified atom stereocenters. The van der Waals surface area contributed by atoms with Gasteiger partial charge in [0.2, 0.25) is 0 Å². The monoisotopic (exact) mass is 226 g/mol. The quantitative estimate of drug-likeness (QED) is 0.716. The van der Waals surface area contributed by atoms with Crippen molar-refractivity contribution in [2.75, 3.05) is 0 Å². The second kappa shape index (κ2) is 2.79. The van der Waals surface area contributed by atoms with Crippen LogP contribution in [-0.4, -0.2) is 9.97 Å². The van der Waals surface area contributed by atoms with Gasteiger partial charge >= 0.3 is 5.69 Å². The Kier molecular flexibility index (Phi) is 1.77. The number of aromatic nitrogens is 2. The lowest BCUT2D eigenvalue weighted by molar-refractivity contribution is 1.21. The van der Waals surface area contributed by atoms with Crippen molar-refractivity contribution in [1.29, 1.82) is 0 Å². The normalized spacial score (nSPS) is 10.8. The number of imidazole rings is 1. The Bertz CT molecular complexity index is 457. The van der Waals surface area contributed by atoms with Gasteiger partial charge in [-0.05, 0) is 17.7 Å². The number of fused-ring (bicyclic) bond motifs is 1. The molecule has 12 heavy (non-hydrogen) atoms. The van der Waals surface area contributed by atoms with Gasteiger partial charge in [-0.2, -0.15) is 0 Å². The van der Waals surface area contributed by atoms with E-state index < -0.39 is 0 Å². The van der Waals surface area contributed by atoms with Crippen LogP contribution in [0.4, 0.5) is 0 Å². The number of benzene rings is 1. The first-order valence-corrected chi connectivity index (χ1v) is 4.68. The fourth-order valence-electron chi connectivity index (χ4n) is 1.16. The zero-order valence-corrected chi connectivity index (χ0v) is 7.81. The fourth-order valence-corrected chi connectivity index (χ4v) is 1.51. The van der Waals surface area contributed by atoms with Gasteiger partial charge in [-0.25, -0.2) is 4.79 Å².